The van der Waals surface area contributed by atoms with Crippen LogP contribution in [-0.4, -0.2) is 40.9 Å². The van der Waals surface area contributed by atoms with Crippen molar-refractivity contribution in [3.8, 4) is 0 Å². The van der Waals surface area contributed by atoms with Gasteiger partial charge in [0.2, 0.25) is 0 Å². The van der Waals surface area contributed by atoms with Crippen LogP contribution in [0.25, 0.3) is 0 Å². The highest BCUT2D eigenvalue weighted by molar-refractivity contribution is 6.31. The van der Waals surface area contributed by atoms with Gasteiger partial charge in [-0.1, -0.05) is 11.6 Å². The largest absolute Gasteiger partial charge is 0.335 e. The summed E-state index contributed by atoms with van der Waals surface area (Å²) in [6, 6.07) is 4.45. The smallest absolute Gasteiger partial charge is 0.283 e. The van der Waals surface area contributed by atoms with Gasteiger partial charge in [0.1, 0.15) is 5.56 Å². The van der Waals surface area contributed by atoms with Crippen LogP contribution in [0.4, 0.5) is 5.69 Å². The van der Waals surface area contributed by atoms with Crippen LogP contribution in [0.3, 0.4) is 0 Å². The lowest BCUT2D eigenvalue weighted by molar-refractivity contribution is -0.385. The molecule has 108 valence electrons. The highest BCUT2D eigenvalue weighted by Crippen LogP contribution is 2.25. The van der Waals surface area contributed by atoms with Crippen molar-refractivity contribution in [1.29, 1.82) is 0 Å². The van der Waals surface area contributed by atoms with Crippen molar-refractivity contribution in [2.75, 3.05) is 13.1 Å². The van der Waals surface area contributed by atoms with E-state index in [1.54, 1.807) is 4.90 Å². The van der Waals surface area contributed by atoms with Crippen molar-refractivity contribution in [2.45, 2.75) is 25.9 Å². The molecule has 2 rings (SSSR count). The summed E-state index contributed by atoms with van der Waals surface area (Å²) in [5.74, 6) is -0.325. The highest BCUT2D eigenvalue weighted by atomic mass is 35.5. The van der Waals surface area contributed by atoms with Gasteiger partial charge in [0.05, 0.1) is 4.92 Å². The van der Waals surface area contributed by atoms with Crippen molar-refractivity contribution in [2.24, 2.45) is 0 Å². The quantitative estimate of drug-likeness (QED) is 0.670. The molecule has 1 aliphatic rings. The fraction of sp³-hybridized carbons (Fsp3) is 0.462. The van der Waals surface area contributed by atoms with Crippen LogP contribution in [0.15, 0.2) is 18.2 Å². The SMILES string of the molecule is CC1CN(C(=O)c2ccc(Cl)cc2[N+](=O)[O-])CC(C)N1. The van der Waals surface area contributed by atoms with Crippen LogP contribution in [0.2, 0.25) is 5.02 Å². The van der Waals surface area contributed by atoms with Crippen molar-refractivity contribution < 1.29 is 9.72 Å². The molecule has 6 nitrogen and oxygen atoms in total. The molecule has 0 spiro atoms. The molecular formula is C13H16ClN3O3. The van der Waals surface area contributed by atoms with Gasteiger partial charge in [0.15, 0.2) is 0 Å². The Kier molecular flexibility index (Phi) is 4.25. The van der Waals surface area contributed by atoms with E-state index in [1.165, 1.54) is 18.2 Å². The summed E-state index contributed by atoms with van der Waals surface area (Å²) in [6.07, 6.45) is 0. The first-order valence-electron chi connectivity index (χ1n) is 6.37. The number of carbonyl (C=O) groups is 1. The van der Waals surface area contributed by atoms with Gasteiger partial charge in [0.25, 0.3) is 11.6 Å². The molecule has 7 heteroatoms. The number of nitro groups is 1. The Hall–Kier alpha value is -1.66. The van der Waals surface area contributed by atoms with E-state index < -0.39 is 4.92 Å². The van der Waals surface area contributed by atoms with Gasteiger partial charge in [0, 0.05) is 36.3 Å². The molecule has 1 saturated heterocycles. The Morgan fingerprint density at radius 1 is 1.40 bits per heavy atom. The molecule has 0 saturated carbocycles. The standard InChI is InChI=1S/C13H16ClN3O3/c1-8-6-16(7-9(2)15-8)13(18)11-4-3-10(14)5-12(11)17(19)20/h3-5,8-9,15H,6-7H2,1-2H3. The Labute approximate surface area is 121 Å². The molecule has 20 heavy (non-hydrogen) atoms. The Balaban J connectivity index is 2.31. The minimum absolute atomic E-state index is 0.0840. The van der Waals surface area contributed by atoms with Crippen molar-refractivity contribution in [3.05, 3.63) is 38.9 Å². The first-order chi connectivity index (χ1) is 9.38. The van der Waals surface area contributed by atoms with Crippen molar-refractivity contribution in [3.63, 3.8) is 0 Å². The number of nitro benzene ring substituents is 1. The van der Waals surface area contributed by atoms with E-state index in [2.05, 4.69) is 5.32 Å². The predicted octanol–water partition coefficient (Wildman–Crippen LogP) is 2.07. The normalized spacial score (nSPS) is 22.6. The number of carbonyl (C=O) groups excluding carboxylic acids is 1. The lowest BCUT2D eigenvalue weighted by Gasteiger charge is -2.36. The maximum absolute atomic E-state index is 12.5. The van der Waals surface area contributed by atoms with E-state index in [4.69, 9.17) is 11.6 Å². The maximum Gasteiger partial charge on any atom is 0.283 e. The summed E-state index contributed by atoms with van der Waals surface area (Å²) in [4.78, 5) is 24.6. The molecule has 1 aromatic carbocycles. The summed E-state index contributed by atoms with van der Waals surface area (Å²) in [7, 11) is 0. The molecule has 1 fully saturated rings. The second-order valence-electron chi connectivity index (χ2n) is 5.10. The number of rotatable bonds is 2. The van der Waals surface area contributed by atoms with E-state index in [1.807, 2.05) is 13.8 Å². The summed E-state index contributed by atoms with van der Waals surface area (Å²) in [6.45, 7) is 5.02. The van der Waals surface area contributed by atoms with Gasteiger partial charge < -0.3 is 10.2 Å². The van der Waals surface area contributed by atoms with Crippen molar-refractivity contribution in [1.82, 2.24) is 10.2 Å². The summed E-state index contributed by atoms with van der Waals surface area (Å²) in [5.41, 5.74) is -0.165. The van der Waals surface area contributed by atoms with Gasteiger partial charge in [-0.3, -0.25) is 14.9 Å². The van der Waals surface area contributed by atoms with Crippen LogP contribution in [0.1, 0.15) is 24.2 Å². The number of benzene rings is 1. The lowest BCUT2D eigenvalue weighted by Crippen LogP contribution is -2.55. The van der Waals surface area contributed by atoms with Crippen LogP contribution in [-0.2, 0) is 0 Å². The molecule has 1 N–H and O–H groups in total. The number of amides is 1. The van der Waals surface area contributed by atoms with Gasteiger partial charge in [-0.05, 0) is 26.0 Å². The monoisotopic (exact) mass is 297 g/mol. The Bertz CT molecular complexity index is 540. The minimum Gasteiger partial charge on any atom is -0.335 e. The second-order valence-corrected chi connectivity index (χ2v) is 5.53. The zero-order valence-corrected chi connectivity index (χ0v) is 12.1. The lowest BCUT2D eigenvalue weighted by atomic mass is 10.1. The van der Waals surface area contributed by atoms with Gasteiger partial charge in [-0.15, -0.1) is 0 Å². The maximum atomic E-state index is 12.5. The molecular weight excluding hydrogens is 282 g/mol. The molecule has 0 aliphatic carbocycles. The fourth-order valence-electron chi connectivity index (χ4n) is 2.50. The van der Waals surface area contributed by atoms with E-state index in [9.17, 15) is 14.9 Å². The Morgan fingerprint density at radius 2 is 2.00 bits per heavy atom. The number of nitrogens with zero attached hydrogens (tertiary/aromatic N) is 2. The van der Waals surface area contributed by atoms with Gasteiger partial charge >= 0.3 is 0 Å². The number of piperazine rings is 1. The molecule has 1 aliphatic heterocycles. The van der Waals surface area contributed by atoms with E-state index in [0.717, 1.165) is 0 Å². The highest BCUT2D eigenvalue weighted by Gasteiger charge is 2.29. The molecule has 0 bridgehead atoms. The third-order valence-electron chi connectivity index (χ3n) is 3.23. The number of hydrogen-bond donors (Lipinski definition) is 1. The van der Waals surface area contributed by atoms with E-state index in [-0.39, 0.29) is 34.3 Å². The molecule has 0 radical (unpaired) electrons. The van der Waals surface area contributed by atoms with Crippen LogP contribution < -0.4 is 5.32 Å². The summed E-state index contributed by atoms with van der Waals surface area (Å²) in [5, 5.41) is 14.6. The number of nitrogens with one attached hydrogen (secondary N) is 1. The third-order valence-corrected chi connectivity index (χ3v) is 3.47. The number of halogens is 1. The minimum atomic E-state index is -0.575. The molecule has 2 unspecified atom stereocenters. The molecule has 1 aromatic rings. The fourth-order valence-corrected chi connectivity index (χ4v) is 2.67. The zero-order chi connectivity index (χ0) is 14.9. The molecule has 0 aromatic heterocycles. The number of hydrogen-bond acceptors (Lipinski definition) is 4. The first kappa shape index (κ1) is 14.7. The van der Waals surface area contributed by atoms with Crippen LogP contribution in [0, 0.1) is 10.1 Å². The summed E-state index contributed by atoms with van der Waals surface area (Å²) >= 11 is 5.76. The summed E-state index contributed by atoms with van der Waals surface area (Å²) < 4.78 is 0. The van der Waals surface area contributed by atoms with E-state index >= 15 is 0 Å². The average molecular weight is 298 g/mol. The van der Waals surface area contributed by atoms with Crippen LogP contribution in [0.5, 0.6) is 0 Å². The average Bonchev–Trinajstić information content (AvgIpc) is 2.36. The van der Waals surface area contributed by atoms with Crippen LogP contribution >= 0.6 is 11.6 Å². The van der Waals surface area contributed by atoms with E-state index in [0.29, 0.717) is 13.1 Å². The Morgan fingerprint density at radius 3 is 2.55 bits per heavy atom. The predicted molar refractivity (Wildman–Crippen MR) is 76.1 cm³/mol. The second kappa shape index (κ2) is 5.76. The zero-order valence-electron chi connectivity index (χ0n) is 11.3. The first-order valence-corrected chi connectivity index (χ1v) is 6.75. The third kappa shape index (κ3) is 3.08. The van der Waals surface area contributed by atoms with Crippen molar-refractivity contribution >= 4 is 23.2 Å². The molecule has 1 heterocycles. The van der Waals surface area contributed by atoms with Gasteiger partial charge in [-0.2, -0.15) is 0 Å². The molecule has 1 amide bonds. The van der Waals surface area contributed by atoms with Gasteiger partial charge in [-0.25, -0.2) is 0 Å². The topological polar surface area (TPSA) is 75.5 Å². The molecule has 2 atom stereocenters.